The van der Waals surface area contributed by atoms with Crippen molar-refractivity contribution in [2.75, 3.05) is 11.9 Å². The molecule has 11 heteroatoms. The van der Waals surface area contributed by atoms with Gasteiger partial charge in [0.1, 0.15) is 35.3 Å². The molecule has 1 spiro atoms. The Morgan fingerprint density at radius 2 is 1.65 bits per heavy atom. The van der Waals surface area contributed by atoms with E-state index < -0.39 is 47.8 Å². The summed E-state index contributed by atoms with van der Waals surface area (Å²) in [5.41, 5.74) is -0.728. The van der Waals surface area contributed by atoms with Crippen LogP contribution in [0.4, 0.5) is 27.6 Å². The molecule has 0 bridgehead atoms. The molecule has 4 rings (SSSR count). The molecule has 1 aliphatic heterocycles. The predicted molar refractivity (Wildman–Crippen MR) is 112 cm³/mol. The number of ether oxygens (including phenoxy) is 1. The van der Waals surface area contributed by atoms with Crippen LogP contribution in [0.3, 0.4) is 0 Å². The quantitative estimate of drug-likeness (QED) is 0.625. The summed E-state index contributed by atoms with van der Waals surface area (Å²) in [6, 6.07) is 7.34. The first-order valence-corrected chi connectivity index (χ1v) is 10.6. The summed E-state index contributed by atoms with van der Waals surface area (Å²) in [5, 5.41) is 2.39. The van der Waals surface area contributed by atoms with Crippen LogP contribution in [0.1, 0.15) is 37.7 Å². The molecule has 2 aliphatic rings. The van der Waals surface area contributed by atoms with Crippen molar-refractivity contribution in [3.05, 3.63) is 59.7 Å². The Labute approximate surface area is 191 Å². The van der Waals surface area contributed by atoms with Crippen molar-refractivity contribution in [3.8, 4) is 5.75 Å². The highest BCUT2D eigenvalue weighted by Gasteiger charge is 2.48. The number of benzene rings is 2. The van der Waals surface area contributed by atoms with Crippen molar-refractivity contribution in [1.29, 1.82) is 0 Å². The molecule has 1 fully saturated rings. The van der Waals surface area contributed by atoms with Gasteiger partial charge in [0, 0.05) is 17.3 Å². The van der Waals surface area contributed by atoms with Crippen molar-refractivity contribution in [2.45, 2.75) is 44.1 Å². The van der Waals surface area contributed by atoms with E-state index in [0.717, 1.165) is 43.5 Å². The predicted octanol–water partition coefficient (Wildman–Crippen LogP) is 4.79. The minimum Gasteiger partial charge on any atom is -0.406 e. The molecule has 1 aliphatic carbocycles. The van der Waals surface area contributed by atoms with E-state index in [0.29, 0.717) is 24.5 Å². The fraction of sp³-hybridized carbons (Fsp3) is 0.348. The van der Waals surface area contributed by atoms with Gasteiger partial charge in [-0.25, -0.2) is 8.78 Å². The zero-order valence-electron chi connectivity index (χ0n) is 17.8. The first-order valence-electron chi connectivity index (χ1n) is 10.6. The number of aliphatic imine (C=N–C) groups is 1. The van der Waals surface area contributed by atoms with Crippen LogP contribution < -0.4 is 10.1 Å². The molecule has 2 aromatic carbocycles. The van der Waals surface area contributed by atoms with Crippen molar-refractivity contribution in [2.24, 2.45) is 4.99 Å². The van der Waals surface area contributed by atoms with Gasteiger partial charge in [0.05, 0.1) is 0 Å². The van der Waals surface area contributed by atoms with Gasteiger partial charge in [-0.3, -0.25) is 14.6 Å². The summed E-state index contributed by atoms with van der Waals surface area (Å²) in [6.45, 7) is -0.404. The van der Waals surface area contributed by atoms with E-state index in [4.69, 9.17) is 0 Å². The molecule has 0 saturated heterocycles. The molecule has 2 aromatic rings. The van der Waals surface area contributed by atoms with Crippen LogP contribution in [0.2, 0.25) is 0 Å². The minimum absolute atomic E-state index is 0.0325. The lowest BCUT2D eigenvalue weighted by atomic mass is 9.88. The Morgan fingerprint density at radius 1 is 1.03 bits per heavy atom. The number of anilines is 1. The molecule has 0 radical (unpaired) electrons. The van der Waals surface area contributed by atoms with Crippen LogP contribution in [0.15, 0.2) is 47.5 Å². The molecular weight excluding hydrogens is 461 g/mol. The van der Waals surface area contributed by atoms with Crippen LogP contribution >= 0.6 is 0 Å². The maximum Gasteiger partial charge on any atom is 0.573 e. The first kappa shape index (κ1) is 23.7. The number of halogens is 5. The van der Waals surface area contributed by atoms with E-state index in [1.165, 1.54) is 17.0 Å². The van der Waals surface area contributed by atoms with Gasteiger partial charge >= 0.3 is 6.36 Å². The van der Waals surface area contributed by atoms with Gasteiger partial charge in [-0.05, 0) is 62.1 Å². The lowest BCUT2D eigenvalue weighted by Gasteiger charge is -2.38. The standard InChI is InChI=1S/C23H20F5N3O3/c24-15-10-16(25)12-17(11-15)29-19(32)13-31-21(33)20(30-22(31)8-2-1-3-9-22)14-4-6-18(7-5-14)34-23(26,27)28/h4-7,10-12H,1-3,8-9,13H2,(H,29,32). The van der Waals surface area contributed by atoms with Crippen molar-refractivity contribution < 1.29 is 36.3 Å². The van der Waals surface area contributed by atoms with Crippen LogP contribution in [0.5, 0.6) is 5.75 Å². The number of hydrogen-bond acceptors (Lipinski definition) is 4. The van der Waals surface area contributed by atoms with Gasteiger partial charge in [0.2, 0.25) is 5.91 Å². The van der Waals surface area contributed by atoms with Gasteiger partial charge < -0.3 is 15.0 Å². The highest BCUT2D eigenvalue weighted by molar-refractivity contribution is 6.47. The van der Waals surface area contributed by atoms with Gasteiger partial charge in [-0.2, -0.15) is 0 Å². The second-order valence-corrected chi connectivity index (χ2v) is 8.17. The molecule has 0 atom stereocenters. The molecule has 2 amide bonds. The maximum atomic E-state index is 13.4. The van der Waals surface area contributed by atoms with Crippen molar-refractivity contribution in [3.63, 3.8) is 0 Å². The van der Waals surface area contributed by atoms with E-state index in [1.54, 1.807) is 0 Å². The maximum absolute atomic E-state index is 13.4. The van der Waals surface area contributed by atoms with Gasteiger partial charge in [0.25, 0.3) is 5.91 Å². The van der Waals surface area contributed by atoms with Crippen molar-refractivity contribution >= 4 is 23.2 Å². The first-order chi connectivity index (χ1) is 16.0. The Bertz CT molecular complexity index is 1110. The van der Waals surface area contributed by atoms with Gasteiger partial charge in [-0.1, -0.05) is 6.42 Å². The van der Waals surface area contributed by atoms with E-state index in [1.807, 2.05) is 0 Å². The number of nitrogens with one attached hydrogen (secondary N) is 1. The number of alkyl halides is 3. The summed E-state index contributed by atoms with van der Waals surface area (Å²) >= 11 is 0. The Kier molecular flexibility index (Phi) is 6.28. The molecule has 1 saturated carbocycles. The lowest BCUT2D eigenvalue weighted by Crippen LogP contribution is -2.51. The van der Waals surface area contributed by atoms with Gasteiger partial charge in [-0.15, -0.1) is 13.2 Å². The summed E-state index contributed by atoms with van der Waals surface area (Å²) in [7, 11) is 0. The normalized spacial score (nSPS) is 17.6. The lowest BCUT2D eigenvalue weighted by molar-refractivity contribution is -0.274. The number of amides is 2. The Balaban J connectivity index is 1.56. The summed E-state index contributed by atoms with van der Waals surface area (Å²) in [4.78, 5) is 31.9. The number of carbonyl (C=O) groups excluding carboxylic acids is 2. The monoisotopic (exact) mass is 481 g/mol. The smallest absolute Gasteiger partial charge is 0.406 e. The third-order valence-corrected chi connectivity index (χ3v) is 5.73. The highest BCUT2D eigenvalue weighted by atomic mass is 19.4. The molecular formula is C23H20F5N3O3. The topological polar surface area (TPSA) is 71.0 Å². The fourth-order valence-corrected chi connectivity index (χ4v) is 4.32. The second-order valence-electron chi connectivity index (χ2n) is 8.17. The Hall–Kier alpha value is -3.50. The fourth-order valence-electron chi connectivity index (χ4n) is 4.32. The van der Waals surface area contributed by atoms with Crippen LogP contribution in [0, 0.1) is 11.6 Å². The third-order valence-electron chi connectivity index (χ3n) is 5.73. The van der Waals surface area contributed by atoms with E-state index in [-0.39, 0.29) is 11.4 Å². The molecule has 180 valence electrons. The van der Waals surface area contributed by atoms with Gasteiger partial charge in [0.15, 0.2) is 0 Å². The molecule has 1 heterocycles. The van der Waals surface area contributed by atoms with Crippen LogP contribution in [-0.4, -0.2) is 41.0 Å². The average Bonchev–Trinajstić information content (AvgIpc) is 2.99. The third kappa shape index (κ3) is 5.18. The minimum atomic E-state index is -4.84. The van der Waals surface area contributed by atoms with Crippen LogP contribution in [-0.2, 0) is 9.59 Å². The SMILES string of the molecule is O=C(CN1C(=O)C(c2ccc(OC(F)(F)F)cc2)=NC12CCCCC2)Nc1cc(F)cc(F)c1. The van der Waals surface area contributed by atoms with E-state index in [9.17, 15) is 31.5 Å². The largest absolute Gasteiger partial charge is 0.573 e. The molecule has 0 unspecified atom stereocenters. The zero-order valence-corrected chi connectivity index (χ0v) is 17.8. The molecule has 0 aromatic heterocycles. The second kappa shape index (κ2) is 9.03. The number of carbonyl (C=O) groups is 2. The number of rotatable bonds is 5. The van der Waals surface area contributed by atoms with Crippen molar-refractivity contribution in [1.82, 2.24) is 4.90 Å². The Morgan fingerprint density at radius 3 is 2.24 bits per heavy atom. The summed E-state index contributed by atoms with van der Waals surface area (Å²) < 4.78 is 68.0. The molecule has 6 nitrogen and oxygen atoms in total. The number of nitrogens with zero attached hydrogens (tertiary/aromatic N) is 2. The zero-order chi connectivity index (χ0) is 24.5. The summed E-state index contributed by atoms with van der Waals surface area (Å²) in [5.74, 6) is -3.37. The van der Waals surface area contributed by atoms with E-state index >= 15 is 0 Å². The molecule has 34 heavy (non-hydrogen) atoms. The molecule has 1 N–H and O–H groups in total. The van der Waals surface area contributed by atoms with Crippen LogP contribution in [0.25, 0.3) is 0 Å². The van der Waals surface area contributed by atoms with E-state index in [2.05, 4.69) is 15.0 Å². The number of hydrogen-bond donors (Lipinski definition) is 1. The highest BCUT2D eigenvalue weighted by Crippen LogP contribution is 2.39. The summed E-state index contributed by atoms with van der Waals surface area (Å²) in [6.07, 6.45) is -1.33. The average molecular weight is 481 g/mol.